The summed E-state index contributed by atoms with van der Waals surface area (Å²) in [5.74, 6) is 0. The second-order valence-electron chi connectivity index (χ2n) is 9.92. The van der Waals surface area contributed by atoms with Gasteiger partial charge in [0.05, 0.1) is 35.8 Å². The number of ether oxygens (including phenoxy) is 2. The molecule has 0 aliphatic rings. The molecule has 4 rings (SSSR count). The smallest absolute Gasteiger partial charge is 0.512 e. The van der Waals surface area contributed by atoms with Gasteiger partial charge in [-0.25, -0.2) is 24.4 Å². The molecule has 42 heavy (non-hydrogen) atoms. The summed E-state index contributed by atoms with van der Waals surface area (Å²) in [6.07, 6.45) is 2.08. The molecule has 2 aromatic heterocycles. The number of imidazole rings is 2. The Morgan fingerprint density at radius 2 is 1.21 bits per heavy atom. The summed E-state index contributed by atoms with van der Waals surface area (Å²) in [7, 11) is 0. The molecule has 0 fully saturated rings. The number of H-pyrrole nitrogens is 2. The van der Waals surface area contributed by atoms with Crippen LogP contribution in [-0.2, 0) is 29.0 Å². The average molecular weight is 688 g/mol. The molecule has 2 heterocycles. The second-order valence-corrected chi connectivity index (χ2v) is 10.8. The summed E-state index contributed by atoms with van der Waals surface area (Å²) in [5.41, 5.74) is 3.39. The Kier molecular flexibility index (Phi) is 14.9. The van der Waals surface area contributed by atoms with Crippen molar-refractivity contribution >= 4 is 67.2 Å². The summed E-state index contributed by atoms with van der Waals surface area (Å²) >= 11 is 3.40. The van der Waals surface area contributed by atoms with Crippen LogP contribution >= 0.6 is 15.9 Å². The summed E-state index contributed by atoms with van der Waals surface area (Å²) in [4.78, 5) is 40.8. The first-order valence-corrected chi connectivity index (χ1v) is 12.5. The van der Waals surface area contributed by atoms with E-state index in [-0.39, 0.29) is 19.5 Å². The van der Waals surface area contributed by atoms with Gasteiger partial charge in [0.15, 0.2) is 0 Å². The van der Waals surface area contributed by atoms with E-state index in [1.807, 2.05) is 20.8 Å². The van der Waals surface area contributed by atoms with Crippen LogP contribution in [0.25, 0.3) is 26.9 Å². The molecule has 2 amide bonds. The fourth-order valence-electron chi connectivity index (χ4n) is 3.11. The van der Waals surface area contributed by atoms with E-state index in [2.05, 4.69) is 51.3 Å². The third-order valence-corrected chi connectivity index (χ3v) is 5.00. The Morgan fingerprint density at radius 1 is 0.810 bits per heavy atom. The number of rotatable bonds is 2. The van der Waals surface area contributed by atoms with Crippen LogP contribution in [-0.4, -0.2) is 43.3 Å². The Bertz CT molecular complexity index is 1570. The predicted molar refractivity (Wildman–Crippen MR) is 156 cm³/mol. The van der Waals surface area contributed by atoms with Gasteiger partial charge in [0, 0.05) is 15.8 Å². The Morgan fingerprint density at radius 3 is 1.64 bits per heavy atom. The minimum Gasteiger partial charge on any atom is -0.512 e. The molecule has 0 atom stereocenters. The van der Waals surface area contributed by atoms with Gasteiger partial charge in [0.1, 0.15) is 16.7 Å². The largest absolute Gasteiger partial charge is 2.00 e. The normalized spacial score (nSPS) is 10.0. The van der Waals surface area contributed by atoms with E-state index >= 15 is 0 Å². The molecule has 15 heteroatoms. The number of anilines is 2. The molecule has 0 radical (unpaired) electrons. The first-order chi connectivity index (χ1) is 19.2. The maximum Gasteiger partial charge on any atom is 2.00 e. The Hall–Kier alpha value is -4.51. The van der Waals surface area contributed by atoms with Crippen LogP contribution < -0.4 is 10.6 Å². The van der Waals surface area contributed by atoms with E-state index in [1.165, 1.54) is 6.33 Å². The zero-order valence-electron chi connectivity index (χ0n) is 23.9. The van der Waals surface area contributed by atoms with Crippen LogP contribution in [0.5, 0.6) is 0 Å². The van der Waals surface area contributed by atoms with E-state index in [9.17, 15) is 9.59 Å². The fourth-order valence-corrected chi connectivity index (χ4v) is 3.67. The molecule has 2 aromatic carbocycles. The predicted octanol–water partition coefficient (Wildman–Crippen LogP) is 7.32. The molecule has 0 bridgehead atoms. The average Bonchev–Trinajstić information content (AvgIpc) is 3.54. The number of aromatic nitrogens is 4. The maximum atomic E-state index is 11.7. The summed E-state index contributed by atoms with van der Waals surface area (Å²) in [6.45, 7) is 27.4. The van der Waals surface area contributed by atoms with Crippen molar-refractivity contribution in [3.63, 3.8) is 0 Å². The third-order valence-electron chi connectivity index (χ3n) is 4.39. The molecule has 0 saturated heterocycles. The van der Waals surface area contributed by atoms with Gasteiger partial charge in [-0.05, 0) is 81.7 Å². The zero-order chi connectivity index (χ0) is 31.4. The number of nitrogens with zero attached hydrogens (tertiary/aromatic N) is 5. The van der Waals surface area contributed by atoms with E-state index in [0.29, 0.717) is 28.1 Å². The maximum absolute atomic E-state index is 11.7. The molecule has 0 spiro atoms. The molecular formula is C27H28BrN9O4Zn. The topological polar surface area (TPSA) is 186 Å². The van der Waals surface area contributed by atoms with Crippen molar-refractivity contribution < 1.29 is 38.5 Å². The summed E-state index contributed by atoms with van der Waals surface area (Å²) in [6, 6.07) is 6.87. The minimum atomic E-state index is -0.565. The van der Waals surface area contributed by atoms with Gasteiger partial charge >= 0.3 is 31.7 Å². The monoisotopic (exact) mass is 685 g/mol. The zero-order valence-corrected chi connectivity index (χ0v) is 28.5. The Balaban J connectivity index is 0.000000702. The van der Waals surface area contributed by atoms with E-state index < -0.39 is 23.4 Å². The van der Waals surface area contributed by atoms with Gasteiger partial charge in [-0.3, -0.25) is 10.6 Å². The van der Waals surface area contributed by atoms with Gasteiger partial charge in [-0.1, -0.05) is 0 Å². The molecule has 0 aliphatic carbocycles. The molecule has 4 N–H and O–H groups in total. The molecule has 214 valence electrons. The minimum absolute atomic E-state index is 0. The van der Waals surface area contributed by atoms with Crippen molar-refractivity contribution in [2.24, 2.45) is 0 Å². The Labute approximate surface area is 264 Å². The summed E-state index contributed by atoms with van der Waals surface area (Å²) in [5, 5.41) is 17.8. The van der Waals surface area contributed by atoms with Crippen LogP contribution in [0.1, 0.15) is 41.5 Å². The number of aromatic amines is 2. The van der Waals surface area contributed by atoms with Crippen molar-refractivity contribution in [2.45, 2.75) is 52.7 Å². The number of fused-ring (bicyclic) bond motifs is 2. The van der Waals surface area contributed by atoms with Gasteiger partial charge in [-0.2, -0.15) is 0 Å². The van der Waals surface area contributed by atoms with Crippen molar-refractivity contribution in [1.82, 2.24) is 19.9 Å². The van der Waals surface area contributed by atoms with Crippen molar-refractivity contribution in [3.05, 3.63) is 66.0 Å². The van der Waals surface area contributed by atoms with Crippen LogP contribution in [0.2, 0.25) is 0 Å². The first kappa shape index (κ1) is 37.5. The van der Waals surface area contributed by atoms with Gasteiger partial charge in [0.25, 0.3) is 0 Å². The summed E-state index contributed by atoms with van der Waals surface area (Å²) < 4.78 is 11.2. The fraction of sp³-hybridized carbons (Fsp3) is 0.296. The molecule has 0 saturated carbocycles. The van der Waals surface area contributed by atoms with Crippen LogP contribution in [0.15, 0.2) is 41.4 Å². The third kappa shape index (κ3) is 11.9. The van der Waals surface area contributed by atoms with E-state index in [4.69, 9.17) is 39.7 Å². The number of benzene rings is 2. The van der Waals surface area contributed by atoms with Crippen molar-refractivity contribution in [3.8, 4) is 0 Å². The molecule has 0 unspecified atom stereocenters. The number of amides is 2. The van der Waals surface area contributed by atoms with Crippen LogP contribution in [0.3, 0.4) is 0 Å². The quantitative estimate of drug-likeness (QED) is 0.125. The SMILES string of the molecule is CC(C)(C)OC(=O)Nc1cc(Br)c2nc[nH]c2c1.[C-]#N.[C-]#N.[C-]#[N+]c1cc(NC(=O)OC(C)(C)C)cc2[nH]cnc12.[Zn+2]. The van der Waals surface area contributed by atoms with E-state index in [1.54, 1.807) is 51.4 Å². The first-order valence-electron chi connectivity index (χ1n) is 11.7. The number of carbonyl (C=O) groups excluding carboxylic acids is 2. The number of hydrogen-bond acceptors (Lipinski definition) is 8. The molecule has 13 nitrogen and oxygen atoms in total. The molecular weight excluding hydrogens is 660 g/mol. The van der Waals surface area contributed by atoms with Crippen molar-refractivity contribution in [1.29, 1.82) is 10.5 Å². The number of hydrogen-bond donors (Lipinski definition) is 4. The van der Waals surface area contributed by atoms with Gasteiger partial charge in [-0.15, -0.1) is 0 Å². The number of nitrogens with one attached hydrogen (secondary N) is 4. The van der Waals surface area contributed by atoms with Gasteiger partial charge in [0.2, 0.25) is 5.69 Å². The van der Waals surface area contributed by atoms with Crippen LogP contribution in [0.4, 0.5) is 26.7 Å². The number of halogens is 1. The molecule has 4 aromatic rings. The number of carbonyl (C=O) groups is 2. The second kappa shape index (κ2) is 16.7. The van der Waals surface area contributed by atoms with Crippen molar-refractivity contribution in [2.75, 3.05) is 10.6 Å². The van der Waals surface area contributed by atoms with Gasteiger partial charge < -0.3 is 43.1 Å². The van der Waals surface area contributed by atoms with Crippen LogP contribution in [0, 0.1) is 30.2 Å². The standard InChI is InChI=1S/C13H14N4O2.C12H14BrN3O2.2CN.Zn/c1-13(2,3)19-12(18)17-8-5-9(14-4)11-10(6-8)15-7-16-11;1-12(2,3)18-11(17)16-7-4-8(13)10-9(5-7)14-6-15-10;2*1-2;/h5-7H,1-3H3,(H,15,16)(H,17,18);4-6H,1-3H3,(H,14,15)(H,16,17);;;/q;;2*-1;+2. The molecule has 0 aliphatic heterocycles. The van der Waals surface area contributed by atoms with E-state index in [0.717, 1.165) is 15.5 Å².